The molecule has 170 valence electrons. The molecular formula is C22H16BrF3N4O2S. The minimum Gasteiger partial charge on any atom is -0.453 e. The number of aromatic nitrogens is 3. The van der Waals surface area contributed by atoms with Crippen molar-refractivity contribution in [3.05, 3.63) is 71.2 Å². The van der Waals surface area contributed by atoms with Gasteiger partial charge in [0.25, 0.3) is 0 Å². The number of benzene rings is 2. The molecular weight excluding hydrogens is 521 g/mol. The first kappa shape index (κ1) is 23.1. The molecule has 2 heterocycles. The number of furan rings is 1. The molecule has 0 aliphatic carbocycles. The van der Waals surface area contributed by atoms with Gasteiger partial charge in [-0.25, -0.2) is 0 Å². The normalized spacial score (nSPS) is 11.6. The van der Waals surface area contributed by atoms with Gasteiger partial charge >= 0.3 is 6.18 Å². The number of hydrogen-bond acceptors (Lipinski definition) is 5. The lowest BCUT2D eigenvalue weighted by molar-refractivity contribution is -0.137. The van der Waals surface area contributed by atoms with Crippen molar-refractivity contribution in [3.63, 3.8) is 0 Å². The smallest absolute Gasteiger partial charge is 0.416 e. The zero-order valence-corrected chi connectivity index (χ0v) is 19.3. The van der Waals surface area contributed by atoms with Crippen molar-refractivity contribution in [3.8, 4) is 11.6 Å². The van der Waals surface area contributed by atoms with Crippen LogP contribution in [0.2, 0.25) is 0 Å². The fraction of sp³-hybridized carbons (Fsp3) is 0.136. The summed E-state index contributed by atoms with van der Waals surface area (Å²) >= 11 is 4.53. The molecule has 4 aromatic rings. The summed E-state index contributed by atoms with van der Waals surface area (Å²) in [4.78, 5) is 12.3. The lowest BCUT2D eigenvalue weighted by Crippen LogP contribution is -2.15. The van der Waals surface area contributed by atoms with Gasteiger partial charge in [-0.3, -0.25) is 9.36 Å². The molecule has 33 heavy (non-hydrogen) atoms. The molecule has 2 aromatic heterocycles. The molecule has 11 heteroatoms. The Labute approximate surface area is 199 Å². The number of rotatable bonds is 7. The van der Waals surface area contributed by atoms with Crippen LogP contribution in [-0.2, 0) is 17.5 Å². The average Bonchev–Trinajstić information content (AvgIpc) is 3.35. The maximum absolute atomic E-state index is 12.9. The Hall–Kier alpha value is -3.05. The second-order valence-corrected chi connectivity index (χ2v) is 8.77. The van der Waals surface area contributed by atoms with E-state index >= 15 is 0 Å². The average molecular weight is 537 g/mol. The number of nitrogens with zero attached hydrogens (tertiary/aromatic N) is 3. The Balaban J connectivity index is 1.50. The zero-order valence-electron chi connectivity index (χ0n) is 16.9. The van der Waals surface area contributed by atoms with Crippen LogP contribution in [0.15, 0.2) is 75.2 Å². The number of hydrogen-bond donors (Lipinski definition) is 1. The van der Waals surface area contributed by atoms with Crippen LogP contribution in [0, 0.1) is 0 Å². The molecule has 0 radical (unpaired) electrons. The molecule has 2 aromatic carbocycles. The number of halogens is 4. The predicted octanol–water partition coefficient (Wildman–Crippen LogP) is 6.39. The molecule has 0 aliphatic heterocycles. The third-order valence-corrected chi connectivity index (χ3v) is 5.99. The number of nitrogens with one attached hydrogen (secondary N) is 1. The van der Waals surface area contributed by atoms with Crippen LogP contribution >= 0.6 is 27.7 Å². The highest BCUT2D eigenvalue weighted by molar-refractivity contribution is 9.10. The Morgan fingerprint density at radius 1 is 1.21 bits per heavy atom. The van der Waals surface area contributed by atoms with Crippen molar-refractivity contribution in [1.29, 1.82) is 0 Å². The van der Waals surface area contributed by atoms with Gasteiger partial charge in [-0.1, -0.05) is 39.8 Å². The van der Waals surface area contributed by atoms with Crippen LogP contribution in [0.4, 0.5) is 18.9 Å². The van der Waals surface area contributed by atoms with Gasteiger partial charge in [0, 0.05) is 22.1 Å². The van der Waals surface area contributed by atoms with Crippen LogP contribution in [0.25, 0.3) is 22.6 Å². The van der Waals surface area contributed by atoms with Gasteiger partial charge in [0.2, 0.25) is 11.7 Å². The molecule has 0 saturated heterocycles. The lowest BCUT2D eigenvalue weighted by atomic mass is 10.2. The number of fused-ring (bicyclic) bond motifs is 1. The number of amides is 1. The van der Waals surface area contributed by atoms with E-state index in [0.29, 0.717) is 28.9 Å². The monoisotopic (exact) mass is 536 g/mol. The maximum atomic E-state index is 12.9. The van der Waals surface area contributed by atoms with Crippen LogP contribution in [0.5, 0.6) is 0 Å². The molecule has 4 rings (SSSR count). The van der Waals surface area contributed by atoms with Gasteiger partial charge in [-0.05, 0) is 42.5 Å². The summed E-state index contributed by atoms with van der Waals surface area (Å²) in [5.41, 5.74) is -0.0747. The third-order valence-electron chi connectivity index (χ3n) is 4.53. The van der Waals surface area contributed by atoms with E-state index < -0.39 is 17.6 Å². The molecule has 1 N–H and O–H groups in total. The molecule has 0 spiro atoms. The van der Waals surface area contributed by atoms with E-state index in [1.54, 1.807) is 10.6 Å². The fourth-order valence-corrected chi connectivity index (χ4v) is 4.22. The molecule has 6 nitrogen and oxygen atoms in total. The van der Waals surface area contributed by atoms with Crippen LogP contribution < -0.4 is 5.32 Å². The summed E-state index contributed by atoms with van der Waals surface area (Å²) in [5.74, 6) is 0.446. The number of thioether (sulfide) groups is 1. The second-order valence-electron chi connectivity index (χ2n) is 6.91. The SMILES string of the molecule is C=CCn1c(SCC(=O)Nc2cccc(C(F)(F)F)c2)nnc1-c1cc2cc(Br)ccc2o1. The Morgan fingerprint density at radius 2 is 2.03 bits per heavy atom. The van der Waals surface area contributed by atoms with Crippen molar-refractivity contribution >= 4 is 50.3 Å². The molecule has 0 bridgehead atoms. The van der Waals surface area contributed by atoms with Crippen molar-refractivity contribution < 1.29 is 22.4 Å². The highest BCUT2D eigenvalue weighted by Crippen LogP contribution is 2.32. The van der Waals surface area contributed by atoms with E-state index in [2.05, 4.69) is 38.0 Å². The minimum absolute atomic E-state index is 0.0668. The van der Waals surface area contributed by atoms with E-state index in [9.17, 15) is 18.0 Å². The van der Waals surface area contributed by atoms with E-state index in [4.69, 9.17) is 4.42 Å². The third kappa shape index (κ3) is 5.31. The van der Waals surface area contributed by atoms with Crippen LogP contribution in [0.3, 0.4) is 0 Å². The fourth-order valence-electron chi connectivity index (χ4n) is 3.10. The summed E-state index contributed by atoms with van der Waals surface area (Å²) < 4.78 is 47.2. The van der Waals surface area contributed by atoms with E-state index in [1.807, 2.05) is 24.3 Å². The van der Waals surface area contributed by atoms with Gasteiger partial charge in [0.15, 0.2) is 10.9 Å². The first-order chi connectivity index (χ1) is 15.7. The maximum Gasteiger partial charge on any atom is 0.416 e. The van der Waals surface area contributed by atoms with Gasteiger partial charge < -0.3 is 9.73 Å². The van der Waals surface area contributed by atoms with Crippen LogP contribution in [-0.4, -0.2) is 26.4 Å². The zero-order chi connectivity index (χ0) is 23.6. The van der Waals surface area contributed by atoms with E-state index in [1.165, 1.54) is 12.1 Å². The molecule has 0 saturated carbocycles. The highest BCUT2D eigenvalue weighted by Gasteiger charge is 2.30. The largest absolute Gasteiger partial charge is 0.453 e. The number of carbonyl (C=O) groups is 1. The van der Waals surface area contributed by atoms with Gasteiger partial charge in [0.05, 0.1) is 11.3 Å². The Kier molecular flexibility index (Phi) is 6.61. The number of carbonyl (C=O) groups excluding carboxylic acids is 1. The standard InChI is InChI=1S/C22H16BrF3N4O2S/c1-2-8-30-20(18-10-13-9-15(23)6-7-17(13)32-18)28-29-21(30)33-12-19(31)27-16-5-3-4-14(11-16)22(24,25)26/h2-7,9-11H,1,8,12H2,(H,27,31). The van der Waals surface area contributed by atoms with Crippen LogP contribution in [0.1, 0.15) is 5.56 Å². The minimum atomic E-state index is -4.49. The first-order valence-electron chi connectivity index (χ1n) is 9.58. The molecule has 1 amide bonds. The summed E-state index contributed by atoms with van der Waals surface area (Å²) in [5, 5.41) is 12.2. The van der Waals surface area contributed by atoms with E-state index in [0.717, 1.165) is 33.8 Å². The summed E-state index contributed by atoms with van der Waals surface area (Å²) in [6, 6.07) is 11.9. The molecule has 0 unspecified atom stereocenters. The second kappa shape index (κ2) is 9.44. The van der Waals surface area contributed by atoms with E-state index in [-0.39, 0.29) is 11.4 Å². The highest BCUT2D eigenvalue weighted by atomic mass is 79.9. The quantitative estimate of drug-likeness (QED) is 0.219. The molecule has 0 aliphatic rings. The predicted molar refractivity (Wildman–Crippen MR) is 124 cm³/mol. The van der Waals surface area contributed by atoms with Gasteiger partial charge in [-0.15, -0.1) is 16.8 Å². The molecule has 0 atom stereocenters. The van der Waals surface area contributed by atoms with Crippen molar-refractivity contribution in [2.24, 2.45) is 0 Å². The van der Waals surface area contributed by atoms with Crippen molar-refractivity contribution in [1.82, 2.24) is 14.8 Å². The number of alkyl halides is 3. The van der Waals surface area contributed by atoms with Crippen molar-refractivity contribution in [2.75, 3.05) is 11.1 Å². The topological polar surface area (TPSA) is 73.0 Å². The summed E-state index contributed by atoms with van der Waals surface area (Å²) in [7, 11) is 0. The number of allylic oxidation sites excluding steroid dienone is 1. The Bertz CT molecular complexity index is 1330. The first-order valence-corrected chi connectivity index (χ1v) is 11.4. The Morgan fingerprint density at radius 3 is 2.79 bits per heavy atom. The lowest BCUT2D eigenvalue weighted by Gasteiger charge is -2.10. The number of anilines is 1. The van der Waals surface area contributed by atoms with Gasteiger partial charge in [0.1, 0.15) is 5.58 Å². The van der Waals surface area contributed by atoms with Crippen molar-refractivity contribution in [2.45, 2.75) is 17.9 Å². The molecule has 0 fully saturated rings. The van der Waals surface area contributed by atoms with Gasteiger partial charge in [-0.2, -0.15) is 13.2 Å². The summed E-state index contributed by atoms with van der Waals surface area (Å²) in [6.45, 7) is 4.13. The summed E-state index contributed by atoms with van der Waals surface area (Å²) in [6.07, 6.45) is -2.82.